The van der Waals surface area contributed by atoms with Gasteiger partial charge in [0.2, 0.25) is 0 Å². The number of hydrogen-bond acceptors (Lipinski definition) is 2. The van der Waals surface area contributed by atoms with Crippen LogP contribution in [-0.2, 0) is 0 Å². The average Bonchev–Trinajstić information content (AvgIpc) is 2.27. The van der Waals surface area contributed by atoms with E-state index >= 15 is 0 Å². The van der Waals surface area contributed by atoms with Crippen LogP contribution in [0.15, 0.2) is 56.7 Å². The van der Waals surface area contributed by atoms with Gasteiger partial charge in [0, 0.05) is 9.37 Å². The molecule has 2 aromatic carbocycles. The van der Waals surface area contributed by atoms with Crippen LogP contribution in [0.3, 0.4) is 0 Å². The lowest BCUT2D eigenvalue weighted by molar-refractivity contribution is 0.462. The number of aromatic hydroxyl groups is 1. The summed E-state index contributed by atoms with van der Waals surface area (Å²) in [5.41, 5.74) is 1.15. The molecule has 2 rings (SSSR count). The number of halogens is 1. The van der Waals surface area contributed by atoms with Gasteiger partial charge in [-0.05, 0) is 48.9 Å². The fourth-order valence-electron chi connectivity index (χ4n) is 1.33. The van der Waals surface area contributed by atoms with E-state index in [-0.39, 0.29) is 0 Å². The molecular formula is C13H11BrOS. The predicted molar refractivity (Wildman–Crippen MR) is 71.1 cm³/mol. The van der Waals surface area contributed by atoms with Crippen molar-refractivity contribution in [3.8, 4) is 5.75 Å². The summed E-state index contributed by atoms with van der Waals surface area (Å²) in [6.45, 7) is 2.02. The second-order valence-electron chi connectivity index (χ2n) is 3.53. The van der Waals surface area contributed by atoms with E-state index in [1.807, 2.05) is 43.3 Å². The monoisotopic (exact) mass is 294 g/mol. The van der Waals surface area contributed by atoms with E-state index in [0.29, 0.717) is 5.75 Å². The van der Waals surface area contributed by atoms with Crippen molar-refractivity contribution in [3.05, 3.63) is 52.5 Å². The first kappa shape index (κ1) is 11.6. The lowest BCUT2D eigenvalue weighted by Gasteiger charge is -2.05. The molecule has 0 spiro atoms. The Balaban J connectivity index is 2.26. The van der Waals surface area contributed by atoms with Crippen LogP contribution in [0.1, 0.15) is 5.56 Å². The quantitative estimate of drug-likeness (QED) is 0.872. The maximum atomic E-state index is 9.72. The van der Waals surface area contributed by atoms with Crippen LogP contribution in [0, 0.1) is 6.92 Å². The summed E-state index contributed by atoms with van der Waals surface area (Å²) in [5, 5.41) is 9.72. The van der Waals surface area contributed by atoms with Gasteiger partial charge in [-0.3, -0.25) is 0 Å². The minimum atomic E-state index is 0.332. The Morgan fingerprint density at radius 1 is 1.06 bits per heavy atom. The van der Waals surface area contributed by atoms with Crippen molar-refractivity contribution in [2.75, 3.05) is 0 Å². The molecule has 1 nitrogen and oxygen atoms in total. The normalized spacial score (nSPS) is 10.4. The molecule has 0 radical (unpaired) electrons. The molecule has 0 aliphatic heterocycles. The third kappa shape index (κ3) is 2.80. The number of phenolic OH excluding ortho intramolecular Hbond substituents is 1. The van der Waals surface area contributed by atoms with Crippen molar-refractivity contribution in [1.29, 1.82) is 0 Å². The van der Waals surface area contributed by atoms with E-state index in [1.165, 1.54) is 0 Å². The lowest BCUT2D eigenvalue weighted by atomic mass is 10.2. The lowest BCUT2D eigenvalue weighted by Crippen LogP contribution is -1.78. The highest BCUT2D eigenvalue weighted by molar-refractivity contribution is 9.10. The van der Waals surface area contributed by atoms with E-state index in [2.05, 4.69) is 15.9 Å². The summed E-state index contributed by atoms with van der Waals surface area (Å²) in [7, 11) is 0. The number of phenols is 1. The van der Waals surface area contributed by atoms with Crippen LogP contribution in [0.4, 0.5) is 0 Å². The number of hydrogen-bond donors (Lipinski definition) is 1. The highest BCUT2D eigenvalue weighted by Gasteiger charge is 2.03. The van der Waals surface area contributed by atoms with Gasteiger partial charge in [0.1, 0.15) is 5.75 Å². The minimum Gasteiger partial charge on any atom is -0.507 e. The molecule has 0 amide bonds. The first-order valence-electron chi connectivity index (χ1n) is 4.88. The Bertz CT molecular complexity index is 494. The van der Waals surface area contributed by atoms with Crippen molar-refractivity contribution >= 4 is 27.7 Å². The van der Waals surface area contributed by atoms with Gasteiger partial charge in [-0.2, -0.15) is 0 Å². The zero-order chi connectivity index (χ0) is 11.5. The summed E-state index contributed by atoms with van der Waals surface area (Å²) >= 11 is 4.96. The minimum absolute atomic E-state index is 0.332. The molecule has 16 heavy (non-hydrogen) atoms. The van der Waals surface area contributed by atoms with Crippen LogP contribution in [0.5, 0.6) is 5.75 Å². The Morgan fingerprint density at radius 2 is 1.75 bits per heavy atom. The van der Waals surface area contributed by atoms with Crippen LogP contribution in [-0.4, -0.2) is 5.11 Å². The molecule has 0 aliphatic carbocycles. The van der Waals surface area contributed by atoms with Crippen molar-refractivity contribution in [2.24, 2.45) is 0 Å². The molecule has 0 saturated carbocycles. The van der Waals surface area contributed by atoms with E-state index in [4.69, 9.17) is 0 Å². The third-order valence-corrected chi connectivity index (χ3v) is 3.74. The third-order valence-electron chi connectivity index (χ3n) is 2.16. The number of rotatable bonds is 2. The van der Waals surface area contributed by atoms with Gasteiger partial charge in [0.25, 0.3) is 0 Å². The van der Waals surface area contributed by atoms with Crippen molar-refractivity contribution < 1.29 is 5.11 Å². The van der Waals surface area contributed by atoms with E-state index < -0.39 is 0 Å². The van der Waals surface area contributed by atoms with E-state index in [9.17, 15) is 5.11 Å². The molecule has 0 saturated heterocycles. The van der Waals surface area contributed by atoms with Crippen LogP contribution in [0.2, 0.25) is 0 Å². The molecule has 0 heterocycles. The molecular weight excluding hydrogens is 284 g/mol. The Morgan fingerprint density at radius 3 is 2.44 bits per heavy atom. The molecule has 0 unspecified atom stereocenters. The molecule has 0 aliphatic rings. The molecule has 3 heteroatoms. The molecule has 82 valence electrons. The maximum Gasteiger partial charge on any atom is 0.129 e. The van der Waals surface area contributed by atoms with Gasteiger partial charge in [0.05, 0.1) is 4.90 Å². The topological polar surface area (TPSA) is 20.2 Å². The molecule has 0 fully saturated rings. The number of benzene rings is 2. The number of aryl methyl sites for hydroxylation is 1. The fraction of sp³-hybridized carbons (Fsp3) is 0.0769. The van der Waals surface area contributed by atoms with Crippen LogP contribution >= 0.6 is 27.7 Å². The summed E-state index contributed by atoms with van der Waals surface area (Å²) in [4.78, 5) is 2.01. The van der Waals surface area contributed by atoms with Crippen molar-refractivity contribution in [3.63, 3.8) is 0 Å². The van der Waals surface area contributed by atoms with Gasteiger partial charge < -0.3 is 5.11 Å². The summed E-state index contributed by atoms with van der Waals surface area (Å²) < 4.78 is 1.06. The predicted octanol–water partition coefficient (Wildman–Crippen LogP) is 4.61. The summed E-state index contributed by atoms with van der Waals surface area (Å²) in [5.74, 6) is 0.332. The second-order valence-corrected chi connectivity index (χ2v) is 5.56. The Hall–Kier alpha value is -0.930. The summed E-state index contributed by atoms with van der Waals surface area (Å²) in [6, 6.07) is 13.7. The van der Waals surface area contributed by atoms with E-state index in [0.717, 1.165) is 19.8 Å². The second kappa shape index (κ2) is 4.93. The van der Waals surface area contributed by atoms with Crippen molar-refractivity contribution in [2.45, 2.75) is 16.7 Å². The molecule has 0 bridgehead atoms. The first-order chi connectivity index (χ1) is 7.65. The highest BCUT2D eigenvalue weighted by Crippen LogP contribution is 2.35. The average molecular weight is 295 g/mol. The summed E-state index contributed by atoms with van der Waals surface area (Å²) in [6.07, 6.45) is 0. The largest absolute Gasteiger partial charge is 0.507 e. The molecule has 0 atom stereocenters. The molecule has 1 N–H and O–H groups in total. The van der Waals surface area contributed by atoms with Gasteiger partial charge in [-0.15, -0.1) is 0 Å². The Kier molecular flexibility index (Phi) is 3.56. The maximum absolute atomic E-state index is 9.72. The van der Waals surface area contributed by atoms with Gasteiger partial charge in [-0.25, -0.2) is 0 Å². The van der Waals surface area contributed by atoms with Gasteiger partial charge in [-0.1, -0.05) is 33.8 Å². The van der Waals surface area contributed by atoms with Crippen molar-refractivity contribution in [1.82, 2.24) is 0 Å². The standard InChI is InChI=1S/C13H11BrOS/c1-9-2-7-12(15)13(8-9)16-11-5-3-10(14)4-6-11/h2-8,15H,1H3. The van der Waals surface area contributed by atoms with Crippen LogP contribution < -0.4 is 0 Å². The smallest absolute Gasteiger partial charge is 0.129 e. The van der Waals surface area contributed by atoms with Gasteiger partial charge in [0.15, 0.2) is 0 Å². The zero-order valence-electron chi connectivity index (χ0n) is 8.77. The molecule has 0 aromatic heterocycles. The zero-order valence-corrected chi connectivity index (χ0v) is 11.2. The fourth-order valence-corrected chi connectivity index (χ4v) is 2.54. The van der Waals surface area contributed by atoms with Crippen LogP contribution in [0.25, 0.3) is 0 Å². The highest BCUT2D eigenvalue weighted by atomic mass is 79.9. The molecule has 2 aromatic rings. The Labute approximate surface area is 108 Å². The SMILES string of the molecule is Cc1ccc(O)c(Sc2ccc(Br)cc2)c1. The van der Waals surface area contributed by atoms with E-state index in [1.54, 1.807) is 17.8 Å². The van der Waals surface area contributed by atoms with Gasteiger partial charge >= 0.3 is 0 Å². The first-order valence-corrected chi connectivity index (χ1v) is 6.49.